The lowest BCUT2D eigenvalue weighted by Gasteiger charge is -2.33. The molecule has 0 bridgehead atoms. The highest BCUT2D eigenvalue weighted by Gasteiger charge is 2.24. The van der Waals surface area contributed by atoms with Gasteiger partial charge in [0.25, 0.3) is 5.56 Å². The highest BCUT2D eigenvalue weighted by molar-refractivity contribution is 5.86. The van der Waals surface area contributed by atoms with Gasteiger partial charge in [0.1, 0.15) is 17.0 Å². The minimum absolute atomic E-state index is 0.215. The van der Waals surface area contributed by atoms with E-state index in [-0.39, 0.29) is 5.56 Å². The normalized spacial score (nSPS) is 15.5. The summed E-state index contributed by atoms with van der Waals surface area (Å²) in [6, 6.07) is 14.3. The first kappa shape index (κ1) is 18.2. The third-order valence-corrected chi connectivity index (χ3v) is 5.53. The third kappa shape index (κ3) is 3.50. The Kier molecular flexibility index (Phi) is 5.10. The van der Waals surface area contributed by atoms with E-state index in [1.165, 1.54) is 16.2 Å². The van der Waals surface area contributed by atoms with Crippen LogP contribution in [0.3, 0.4) is 0 Å². The Morgan fingerprint density at radius 3 is 2.64 bits per heavy atom. The molecule has 1 saturated heterocycles. The van der Waals surface area contributed by atoms with Crippen molar-refractivity contribution < 1.29 is 5.21 Å². The SMILES string of the molecule is Cc1cccn2c(=O)c(/C=N\O)c(N3CCC(Cc4ccccc4)CC3)nc12. The van der Waals surface area contributed by atoms with Crippen molar-refractivity contribution in [1.82, 2.24) is 9.38 Å². The average Bonchev–Trinajstić information content (AvgIpc) is 2.72. The smallest absolute Gasteiger partial charge is 0.269 e. The molecular weight excluding hydrogens is 352 g/mol. The number of aromatic nitrogens is 2. The molecule has 6 nitrogen and oxygen atoms in total. The van der Waals surface area contributed by atoms with Gasteiger partial charge in [-0.1, -0.05) is 41.6 Å². The summed E-state index contributed by atoms with van der Waals surface area (Å²) in [7, 11) is 0. The van der Waals surface area contributed by atoms with Crippen LogP contribution in [0.25, 0.3) is 5.65 Å². The number of oxime groups is 1. The minimum atomic E-state index is -0.215. The Bertz CT molecular complexity index is 1050. The monoisotopic (exact) mass is 376 g/mol. The van der Waals surface area contributed by atoms with Crippen LogP contribution in [0.1, 0.15) is 29.5 Å². The van der Waals surface area contributed by atoms with E-state index in [1.54, 1.807) is 6.20 Å². The van der Waals surface area contributed by atoms with E-state index in [4.69, 9.17) is 10.2 Å². The van der Waals surface area contributed by atoms with Gasteiger partial charge in [-0.3, -0.25) is 9.20 Å². The number of piperidine rings is 1. The van der Waals surface area contributed by atoms with E-state index < -0.39 is 0 Å². The van der Waals surface area contributed by atoms with E-state index in [0.717, 1.165) is 37.9 Å². The minimum Gasteiger partial charge on any atom is -0.411 e. The maximum absolute atomic E-state index is 12.9. The lowest BCUT2D eigenvalue weighted by molar-refractivity contribution is 0.321. The number of anilines is 1. The van der Waals surface area contributed by atoms with Crippen molar-refractivity contribution in [2.75, 3.05) is 18.0 Å². The summed E-state index contributed by atoms with van der Waals surface area (Å²) in [4.78, 5) is 19.9. The Labute approximate surface area is 163 Å². The molecule has 0 saturated carbocycles. The molecule has 0 atom stereocenters. The highest BCUT2D eigenvalue weighted by Crippen LogP contribution is 2.26. The van der Waals surface area contributed by atoms with E-state index in [2.05, 4.69) is 34.3 Å². The van der Waals surface area contributed by atoms with Crippen LogP contribution in [0, 0.1) is 12.8 Å². The quantitative estimate of drug-likeness (QED) is 0.431. The number of rotatable bonds is 4. The molecule has 1 aliphatic heterocycles. The Morgan fingerprint density at radius 2 is 1.93 bits per heavy atom. The van der Waals surface area contributed by atoms with E-state index in [1.807, 2.05) is 25.1 Å². The summed E-state index contributed by atoms with van der Waals surface area (Å²) < 4.78 is 1.51. The van der Waals surface area contributed by atoms with Crippen LogP contribution in [0.5, 0.6) is 0 Å². The lowest BCUT2D eigenvalue weighted by atomic mass is 9.90. The van der Waals surface area contributed by atoms with Crippen molar-refractivity contribution in [2.24, 2.45) is 11.1 Å². The van der Waals surface area contributed by atoms with Gasteiger partial charge < -0.3 is 10.1 Å². The fraction of sp³-hybridized carbons (Fsp3) is 0.318. The maximum Gasteiger partial charge on any atom is 0.269 e. The fourth-order valence-electron chi connectivity index (χ4n) is 4.01. The number of aryl methyl sites for hydroxylation is 1. The zero-order chi connectivity index (χ0) is 19.5. The fourth-order valence-corrected chi connectivity index (χ4v) is 4.01. The molecule has 0 amide bonds. The first-order valence-electron chi connectivity index (χ1n) is 9.65. The number of nitrogens with zero attached hydrogens (tertiary/aromatic N) is 4. The van der Waals surface area contributed by atoms with Crippen LogP contribution in [0.15, 0.2) is 58.6 Å². The zero-order valence-electron chi connectivity index (χ0n) is 16.0. The molecule has 0 unspecified atom stereocenters. The van der Waals surface area contributed by atoms with Crippen LogP contribution in [-0.4, -0.2) is 33.9 Å². The number of pyridine rings is 1. The summed E-state index contributed by atoms with van der Waals surface area (Å²) in [6.45, 7) is 3.61. The second-order valence-electron chi connectivity index (χ2n) is 7.40. The van der Waals surface area contributed by atoms with Crippen molar-refractivity contribution in [1.29, 1.82) is 0 Å². The van der Waals surface area contributed by atoms with Crippen molar-refractivity contribution >= 4 is 17.7 Å². The summed E-state index contributed by atoms with van der Waals surface area (Å²) in [5.41, 5.74) is 3.06. The van der Waals surface area contributed by atoms with Crippen LogP contribution >= 0.6 is 0 Å². The predicted molar refractivity (Wildman–Crippen MR) is 111 cm³/mol. The van der Waals surface area contributed by atoms with Gasteiger partial charge in [-0.15, -0.1) is 0 Å². The largest absolute Gasteiger partial charge is 0.411 e. The molecule has 1 N–H and O–H groups in total. The molecule has 1 aliphatic rings. The molecule has 6 heteroatoms. The molecule has 144 valence electrons. The van der Waals surface area contributed by atoms with Crippen LogP contribution in [0.4, 0.5) is 5.82 Å². The van der Waals surface area contributed by atoms with Crippen LogP contribution < -0.4 is 10.5 Å². The van der Waals surface area contributed by atoms with E-state index in [9.17, 15) is 4.79 Å². The van der Waals surface area contributed by atoms with Crippen molar-refractivity contribution in [3.05, 3.63) is 75.7 Å². The summed E-state index contributed by atoms with van der Waals surface area (Å²) in [5.74, 6) is 1.23. The number of hydrogen-bond donors (Lipinski definition) is 1. The predicted octanol–water partition coefficient (Wildman–Crippen LogP) is 3.27. The first-order valence-corrected chi connectivity index (χ1v) is 9.65. The van der Waals surface area contributed by atoms with Crippen molar-refractivity contribution in [3.8, 4) is 0 Å². The lowest BCUT2D eigenvalue weighted by Crippen LogP contribution is -2.37. The second-order valence-corrected chi connectivity index (χ2v) is 7.40. The molecule has 0 radical (unpaired) electrons. The van der Waals surface area contributed by atoms with Gasteiger partial charge in [0.2, 0.25) is 0 Å². The first-order chi connectivity index (χ1) is 13.7. The van der Waals surface area contributed by atoms with Crippen LogP contribution in [0.2, 0.25) is 0 Å². The third-order valence-electron chi connectivity index (χ3n) is 5.53. The van der Waals surface area contributed by atoms with Crippen LogP contribution in [-0.2, 0) is 6.42 Å². The molecule has 0 aliphatic carbocycles. The van der Waals surface area contributed by atoms with E-state index in [0.29, 0.717) is 22.9 Å². The molecule has 1 fully saturated rings. The molecular formula is C22H24N4O2. The highest BCUT2D eigenvalue weighted by atomic mass is 16.4. The molecule has 28 heavy (non-hydrogen) atoms. The summed E-state index contributed by atoms with van der Waals surface area (Å²) >= 11 is 0. The average molecular weight is 376 g/mol. The van der Waals surface area contributed by atoms with Gasteiger partial charge in [-0.05, 0) is 49.3 Å². The van der Waals surface area contributed by atoms with Gasteiger partial charge in [0.15, 0.2) is 0 Å². The molecule has 3 heterocycles. The zero-order valence-corrected chi connectivity index (χ0v) is 16.0. The van der Waals surface area contributed by atoms with Gasteiger partial charge >= 0.3 is 0 Å². The Balaban J connectivity index is 1.61. The number of hydrogen-bond acceptors (Lipinski definition) is 5. The van der Waals surface area contributed by atoms with Crippen molar-refractivity contribution in [3.63, 3.8) is 0 Å². The molecule has 2 aromatic heterocycles. The summed E-state index contributed by atoms with van der Waals surface area (Å²) in [5, 5.41) is 12.2. The molecule has 3 aromatic rings. The number of benzene rings is 1. The van der Waals surface area contributed by atoms with Crippen molar-refractivity contribution in [2.45, 2.75) is 26.2 Å². The maximum atomic E-state index is 12.9. The Morgan fingerprint density at radius 1 is 1.18 bits per heavy atom. The molecule has 0 spiro atoms. The van der Waals surface area contributed by atoms with E-state index >= 15 is 0 Å². The van der Waals surface area contributed by atoms with Gasteiger partial charge in [0, 0.05) is 19.3 Å². The molecule has 4 rings (SSSR count). The topological polar surface area (TPSA) is 70.2 Å². The van der Waals surface area contributed by atoms with Gasteiger partial charge in [0.05, 0.1) is 6.21 Å². The standard InChI is InChI=1S/C22H24N4O2/c1-16-6-5-11-26-20(16)24-21(19(15-23-28)22(26)27)25-12-9-18(10-13-25)14-17-7-3-2-4-8-17/h2-8,11,15,18,28H,9-10,12-14H2,1H3/b23-15-. The van der Waals surface area contributed by atoms with Gasteiger partial charge in [-0.25, -0.2) is 4.98 Å². The second kappa shape index (κ2) is 7.84. The Hall–Kier alpha value is -3.15. The molecule has 1 aromatic carbocycles. The number of fused-ring (bicyclic) bond motifs is 1. The summed E-state index contributed by atoms with van der Waals surface area (Å²) in [6.07, 6.45) is 6.06. The van der Waals surface area contributed by atoms with Gasteiger partial charge in [-0.2, -0.15) is 0 Å².